The summed E-state index contributed by atoms with van der Waals surface area (Å²) in [7, 11) is 0. The fraction of sp³-hybridized carbons (Fsp3) is 0.316. The van der Waals surface area contributed by atoms with E-state index in [4.69, 9.17) is 4.74 Å². The van der Waals surface area contributed by atoms with Gasteiger partial charge in [0, 0.05) is 22.9 Å². The van der Waals surface area contributed by atoms with Crippen LogP contribution in [0.5, 0.6) is 0 Å². The predicted octanol–water partition coefficient (Wildman–Crippen LogP) is 5.23. The van der Waals surface area contributed by atoms with E-state index >= 15 is 0 Å². The van der Waals surface area contributed by atoms with Crippen LogP contribution >= 0.6 is 11.8 Å². The van der Waals surface area contributed by atoms with Gasteiger partial charge in [0.2, 0.25) is 0 Å². The maximum Gasteiger partial charge on any atom is 0.416 e. The van der Waals surface area contributed by atoms with Crippen molar-refractivity contribution in [3.05, 3.63) is 59.7 Å². The quantitative estimate of drug-likeness (QED) is 0.721. The first-order valence-corrected chi connectivity index (χ1v) is 9.24. The van der Waals surface area contributed by atoms with Crippen molar-refractivity contribution in [2.24, 2.45) is 0 Å². The third-order valence-corrected chi connectivity index (χ3v) is 5.23. The zero-order chi connectivity index (χ0) is 18.6. The Balaban J connectivity index is 1.71. The van der Waals surface area contributed by atoms with E-state index in [-0.39, 0.29) is 11.8 Å². The molecule has 1 saturated heterocycles. The van der Waals surface area contributed by atoms with E-state index in [1.807, 2.05) is 12.1 Å². The van der Waals surface area contributed by atoms with E-state index < -0.39 is 17.6 Å². The fourth-order valence-electron chi connectivity index (χ4n) is 2.71. The van der Waals surface area contributed by atoms with Gasteiger partial charge in [-0.1, -0.05) is 18.2 Å². The van der Waals surface area contributed by atoms with Gasteiger partial charge in [-0.05, 0) is 43.2 Å². The van der Waals surface area contributed by atoms with Crippen LogP contribution in [0, 0.1) is 0 Å². The molecule has 1 amide bonds. The molecule has 1 aliphatic rings. The SMILES string of the molecule is O=C(Nc1cccc(C(F)(F)F)c1)c1ccccc1SC[C@H]1CCCO1. The van der Waals surface area contributed by atoms with Crippen molar-refractivity contribution in [2.75, 3.05) is 17.7 Å². The maximum atomic E-state index is 12.8. The Bertz CT molecular complexity index is 773. The second-order valence-electron chi connectivity index (χ2n) is 5.97. The van der Waals surface area contributed by atoms with Crippen molar-refractivity contribution in [2.45, 2.75) is 30.0 Å². The first-order valence-electron chi connectivity index (χ1n) is 8.25. The lowest BCUT2D eigenvalue weighted by molar-refractivity contribution is -0.137. The second-order valence-corrected chi connectivity index (χ2v) is 7.04. The molecular weight excluding hydrogens is 363 g/mol. The van der Waals surface area contributed by atoms with Crippen molar-refractivity contribution in [3.8, 4) is 0 Å². The fourth-order valence-corrected chi connectivity index (χ4v) is 3.83. The summed E-state index contributed by atoms with van der Waals surface area (Å²) in [6, 6.07) is 11.7. The van der Waals surface area contributed by atoms with Crippen molar-refractivity contribution in [1.82, 2.24) is 0 Å². The number of hydrogen-bond acceptors (Lipinski definition) is 3. The topological polar surface area (TPSA) is 38.3 Å². The molecule has 1 atom stereocenters. The molecule has 0 unspecified atom stereocenters. The first kappa shape index (κ1) is 18.8. The van der Waals surface area contributed by atoms with E-state index in [0.29, 0.717) is 5.56 Å². The molecule has 0 aliphatic carbocycles. The summed E-state index contributed by atoms with van der Waals surface area (Å²) in [5, 5.41) is 2.56. The summed E-state index contributed by atoms with van der Waals surface area (Å²) in [6.45, 7) is 0.767. The summed E-state index contributed by atoms with van der Waals surface area (Å²) in [4.78, 5) is 13.3. The maximum absolute atomic E-state index is 12.8. The Kier molecular flexibility index (Phi) is 5.88. The molecule has 26 heavy (non-hydrogen) atoms. The van der Waals surface area contributed by atoms with Crippen molar-refractivity contribution < 1.29 is 22.7 Å². The smallest absolute Gasteiger partial charge is 0.377 e. The first-order chi connectivity index (χ1) is 12.4. The molecule has 1 aliphatic heterocycles. The molecule has 1 fully saturated rings. The summed E-state index contributed by atoms with van der Waals surface area (Å²) < 4.78 is 44.0. The normalized spacial score (nSPS) is 17.3. The number of carbonyl (C=O) groups excluding carboxylic acids is 1. The molecule has 0 radical (unpaired) electrons. The van der Waals surface area contributed by atoms with Gasteiger partial charge in [-0.2, -0.15) is 13.2 Å². The summed E-state index contributed by atoms with van der Waals surface area (Å²) in [5.74, 6) is 0.313. The monoisotopic (exact) mass is 381 g/mol. The molecule has 7 heteroatoms. The number of halogens is 3. The van der Waals surface area contributed by atoms with Gasteiger partial charge in [0.05, 0.1) is 17.2 Å². The van der Waals surface area contributed by atoms with Crippen molar-refractivity contribution in [1.29, 1.82) is 0 Å². The number of benzene rings is 2. The van der Waals surface area contributed by atoms with Crippen LogP contribution in [0.4, 0.5) is 18.9 Å². The lowest BCUT2D eigenvalue weighted by Gasteiger charge is -2.13. The van der Waals surface area contributed by atoms with Gasteiger partial charge in [0.25, 0.3) is 5.91 Å². The molecule has 0 saturated carbocycles. The summed E-state index contributed by atoms with van der Waals surface area (Å²) in [5.41, 5.74) is -0.243. The standard InChI is InChI=1S/C19H18F3NO2S/c20-19(21,22)13-5-3-6-14(11-13)23-18(24)16-8-1-2-9-17(16)26-12-15-7-4-10-25-15/h1-3,5-6,8-9,11,15H,4,7,10,12H2,(H,23,24)/t15-/m1/s1. The number of alkyl halides is 3. The molecule has 1 heterocycles. The van der Waals surface area contributed by atoms with Gasteiger partial charge in [-0.25, -0.2) is 0 Å². The zero-order valence-electron chi connectivity index (χ0n) is 13.9. The van der Waals surface area contributed by atoms with Gasteiger partial charge in [0.15, 0.2) is 0 Å². The minimum absolute atomic E-state index is 0.115. The van der Waals surface area contributed by atoms with Crippen molar-refractivity contribution in [3.63, 3.8) is 0 Å². The van der Waals surface area contributed by atoms with E-state index in [2.05, 4.69) is 5.32 Å². The van der Waals surface area contributed by atoms with Gasteiger partial charge in [-0.15, -0.1) is 11.8 Å². The molecule has 0 spiro atoms. The molecule has 2 aromatic rings. The molecule has 0 bridgehead atoms. The minimum atomic E-state index is -4.45. The Hall–Kier alpha value is -1.99. The molecular formula is C19H18F3NO2S. The van der Waals surface area contributed by atoms with Crippen LogP contribution in [-0.4, -0.2) is 24.4 Å². The summed E-state index contributed by atoms with van der Waals surface area (Å²) in [6.07, 6.45) is -2.22. The number of ether oxygens (including phenoxy) is 1. The highest BCUT2D eigenvalue weighted by atomic mass is 32.2. The average molecular weight is 381 g/mol. The van der Waals surface area contributed by atoms with Gasteiger partial charge in [0.1, 0.15) is 0 Å². The third-order valence-electron chi connectivity index (χ3n) is 4.03. The highest BCUT2D eigenvalue weighted by Crippen LogP contribution is 2.31. The molecule has 2 aromatic carbocycles. The van der Waals surface area contributed by atoms with Crippen LogP contribution in [-0.2, 0) is 10.9 Å². The van der Waals surface area contributed by atoms with E-state index in [9.17, 15) is 18.0 Å². The molecule has 1 N–H and O–H groups in total. The number of amides is 1. The van der Waals surface area contributed by atoms with Crippen LogP contribution in [0.2, 0.25) is 0 Å². The molecule has 0 aromatic heterocycles. The minimum Gasteiger partial charge on any atom is -0.377 e. The summed E-state index contributed by atoms with van der Waals surface area (Å²) >= 11 is 1.52. The molecule has 3 rings (SSSR count). The number of rotatable bonds is 5. The van der Waals surface area contributed by atoms with Gasteiger partial charge >= 0.3 is 6.18 Å². The van der Waals surface area contributed by atoms with Crippen LogP contribution in [0.25, 0.3) is 0 Å². The van der Waals surface area contributed by atoms with Gasteiger partial charge < -0.3 is 10.1 Å². The lowest BCUT2D eigenvalue weighted by Crippen LogP contribution is -2.15. The lowest BCUT2D eigenvalue weighted by atomic mass is 10.1. The van der Waals surface area contributed by atoms with E-state index in [1.165, 1.54) is 23.9 Å². The Morgan fingerprint density at radius 1 is 1.19 bits per heavy atom. The third kappa shape index (κ3) is 4.80. The highest BCUT2D eigenvalue weighted by Gasteiger charge is 2.30. The average Bonchev–Trinajstić information content (AvgIpc) is 3.13. The second kappa shape index (κ2) is 8.14. The van der Waals surface area contributed by atoms with Crippen LogP contribution in [0.1, 0.15) is 28.8 Å². The Labute approximate surface area is 153 Å². The van der Waals surface area contributed by atoms with E-state index in [0.717, 1.165) is 42.2 Å². The Morgan fingerprint density at radius 2 is 2.00 bits per heavy atom. The van der Waals surface area contributed by atoms with Gasteiger partial charge in [-0.3, -0.25) is 4.79 Å². The largest absolute Gasteiger partial charge is 0.416 e. The number of carbonyl (C=O) groups is 1. The molecule has 138 valence electrons. The van der Waals surface area contributed by atoms with E-state index in [1.54, 1.807) is 12.1 Å². The van der Waals surface area contributed by atoms with Crippen LogP contribution in [0.3, 0.4) is 0 Å². The number of thioether (sulfide) groups is 1. The molecule has 3 nitrogen and oxygen atoms in total. The number of hydrogen-bond donors (Lipinski definition) is 1. The van der Waals surface area contributed by atoms with Crippen LogP contribution in [0.15, 0.2) is 53.4 Å². The number of nitrogens with one attached hydrogen (secondary N) is 1. The Morgan fingerprint density at radius 3 is 2.73 bits per heavy atom. The number of anilines is 1. The van der Waals surface area contributed by atoms with Crippen LogP contribution < -0.4 is 5.32 Å². The predicted molar refractivity (Wildman–Crippen MR) is 95.5 cm³/mol. The highest BCUT2D eigenvalue weighted by molar-refractivity contribution is 7.99. The van der Waals surface area contributed by atoms with Crippen molar-refractivity contribution >= 4 is 23.4 Å². The zero-order valence-corrected chi connectivity index (χ0v) is 14.7.